The molecule has 1 atom stereocenters. The third kappa shape index (κ3) is 5.27. The molecule has 3 rings (SSSR count). The average molecular weight is 404 g/mol. The van der Waals surface area contributed by atoms with E-state index in [2.05, 4.69) is 26.6 Å². The maximum Gasteiger partial charge on any atom is 0.191 e. The van der Waals surface area contributed by atoms with Gasteiger partial charge in [0.05, 0.1) is 29.4 Å². The van der Waals surface area contributed by atoms with Crippen molar-refractivity contribution in [3.05, 3.63) is 65.0 Å². The number of benzene rings is 2. The molecule has 0 bridgehead atoms. The van der Waals surface area contributed by atoms with Crippen molar-refractivity contribution in [3.8, 4) is 12.1 Å². The fourth-order valence-corrected chi connectivity index (χ4v) is 3.58. The Kier molecular flexibility index (Phi) is 7.24. The van der Waals surface area contributed by atoms with Crippen LogP contribution in [0.3, 0.4) is 0 Å². The molecule has 154 valence electrons. The van der Waals surface area contributed by atoms with Crippen LogP contribution in [-0.2, 0) is 6.54 Å². The summed E-state index contributed by atoms with van der Waals surface area (Å²) in [5.41, 5.74) is 2.37. The number of hydrogen-bond acceptors (Lipinski definition) is 4. The molecule has 0 aromatic heterocycles. The van der Waals surface area contributed by atoms with Crippen molar-refractivity contribution in [2.75, 3.05) is 24.5 Å². The van der Waals surface area contributed by atoms with Gasteiger partial charge in [-0.3, -0.25) is 0 Å². The Balaban J connectivity index is 1.69. The van der Waals surface area contributed by atoms with E-state index in [1.54, 1.807) is 12.1 Å². The lowest BCUT2D eigenvalue weighted by molar-refractivity contribution is 0.468. The number of piperidine rings is 1. The number of guanidine groups is 1. The zero-order valence-corrected chi connectivity index (χ0v) is 17.0. The van der Waals surface area contributed by atoms with E-state index in [0.717, 1.165) is 31.6 Å². The molecule has 0 amide bonds. The molecule has 0 spiro atoms. The van der Waals surface area contributed by atoms with Crippen LogP contribution in [0.1, 0.15) is 36.5 Å². The summed E-state index contributed by atoms with van der Waals surface area (Å²) in [4.78, 5) is 6.75. The van der Waals surface area contributed by atoms with E-state index in [1.165, 1.54) is 6.07 Å². The highest BCUT2D eigenvalue weighted by molar-refractivity contribution is 5.80. The van der Waals surface area contributed by atoms with Crippen LogP contribution in [-0.4, -0.2) is 31.6 Å². The first-order valence-corrected chi connectivity index (χ1v) is 10.1. The van der Waals surface area contributed by atoms with Gasteiger partial charge < -0.3 is 15.5 Å². The number of aliphatic imine (C=N–C) groups is 1. The third-order valence-corrected chi connectivity index (χ3v) is 5.06. The number of rotatable bonds is 5. The predicted octanol–water partition coefficient (Wildman–Crippen LogP) is 3.29. The molecule has 6 nitrogen and oxygen atoms in total. The smallest absolute Gasteiger partial charge is 0.191 e. The van der Waals surface area contributed by atoms with Gasteiger partial charge in [0.15, 0.2) is 5.96 Å². The molecule has 0 saturated carbocycles. The minimum absolute atomic E-state index is 0.161. The van der Waals surface area contributed by atoms with Gasteiger partial charge >= 0.3 is 0 Å². The summed E-state index contributed by atoms with van der Waals surface area (Å²) in [6.07, 6.45) is 1.99. The molecule has 2 aromatic rings. The van der Waals surface area contributed by atoms with Crippen LogP contribution >= 0.6 is 0 Å². The van der Waals surface area contributed by atoms with Crippen LogP contribution in [0.4, 0.5) is 10.1 Å². The second-order valence-electron chi connectivity index (χ2n) is 7.17. The molecule has 0 aliphatic carbocycles. The number of nitrogens with zero attached hydrogens (tertiary/aromatic N) is 4. The number of nitrogens with one attached hydrogen (secondary N) is 2. The van der Waals surface area contributed by atoms with E-state index in [1.807, 2.05) is 37.3 Å². The summed E-state index contributed by atoms with van der Waals surface area (Å²) in [6.45, 7) is 4.52. The molecular formula is C23H25FN6. The minimum Gasteiger partial charge on any atom is -0.368 e. The molecule has 7 heteroatoms. The van der Waals surface area contributed by atoms with Crippen LogP contribution in [0.5, 0.6) is 0 Å². The number of hydrogen-bond donors (Lipinski definition) is 2. The van der Waals surface area contributed by atoms with E-state index >= 15 is 0 Å². The van der Waals surface area contributed by atoms with Crippen LogP contribution in [0.2, 0.25) is 0 Å². The maximum absolute atomic E-state index is 14.1. The Morgan fingerprint density at radius 2 is 2.07 bits per heavy atom. The van der Waals surface area contributed by atoms with Crippen LogP contribution in [0.25, 0.3) is 0 Å². The first-order valence-electron chi connectivity index (χ1n) is 10.1. The van der Waals surface area contributed by atoms with E-state index in [0.29, 0.717) is 29.2 Å². The Morgan fingerprint density at radius 1 is 1.23 bits per heavy atom. The molecule has 2 aromatic carbocycles. The van der Waals surface area contributed by atoms with Gasteiger partial charge in [-0.25, -0.2) is 9.38 Å². The molecule has 1 fully saturated rings. The van der Waals surface area contributed by atoms with Gasteiger partial charge in [-0.1, -0.05) is 18.2 Å². The first kappa shape index (κ1) is 21.1. The molecule has 1 heterocycles. The standard InChI is InChI=1S/C23H25FN6/c1-2-27-23(28-15-19-10-9-17(13-25)12-21(19)24)29-20-7-5-11-30(16-20)22-8-4-3-6-18(22)14-26/h3-4,6,8-10,12,20H,2,5,7,11,15-16H2,1H3,(H2,27,28,29). The highest BCUT2D eigenvalue weighted by Crippen LogP contribution is 2.23. The van der Waals surface area contributed by atoms with Gasteiger partial charge in [0.1, 0.15) is 11.9 Å². The quantitative estimate of drug-likeness (QED) is 0.590. The highest BCUT2D eigenvalue weighted by Gasteiger charge is 2.22. The normalized spacial score (nSPS) is 16.5. The Morgan fingerprint density at radius 3 is 2.80 bits per heavy atom. The van der Waals surface area contributed by atoms with Crippen LogP contribution in [0.15, 0.2) is 47.5 Å². The van der Waals surface area contributed by atoms with Gasteiger partial charge in [-0.2, -0.15) is 10.5 Å². The zero-order chi connectivity index (χ0) is 21.3. The molecule has 30 heavy (non-hydrogen) atoms. The average Bonchev–Trinajstić information content (AvgIpc) is 2.78. The molecule has 1 saturated heterocycles. The van der Waals surface area contributed by atoms with Gasteiger partial charge in [0.2, 0.25) is 0 Å². The zero-order valence-electron chi connectivity index (χ0n) is 17.0. The van der Waals surface area contributed by atoms with Crippen molar-refractivity contribution < 1.29 is 4.39 Å². The fraction of sp³-hybridized carbons (Fsp3) is 0.348. The summed E-state index contributed by atoms with van der Waals surface area (Å²) in [6, 6.07) is 16.4. The number of nitriles is 2. The number of anilines is 1. The summed E-state index contributed by atoms with van der Waals surface area (Å²) >= 11 is 0. The molecule has 0 radical (unpaired) electrons. The number of para-hydroxylation sites is 1. The molecule has 1 aliphatic heterocycles. The second kappa shape index (κ2) is 10.3. The largest absolute Gasteiger partial charge is 0.368 e. The SMILES string of the molecule is CCNC(=NCc1ccc(C#N)cc1F)NC1CCCN(c2ccccc2C#N)C1. The number of halogens is 1. The van der Waals surface area contributed by atoms with Crippen molar-refractivity contribution in [1.29, 1.82) is 10.5 Å². The van der Waals surface area contributed by atoms with Crippen molar-refractivity contribution in [1.82, 2.24) is 10.6 Å². The third-order valence-electron chi connectivity index (χ3n) is 5.06. The van der Waals surface area contributed by atoms with Crippen molar-refractivity contribution in [2.24, 2.45) is 4.99 Å². The van der Waals surface area contributed by atoms with Gasteiger partial charge in [-0.05, 0) is 44.0 Å². The lowest BCUT2D eigenvalue weighted by atomic mass is 10.0. The van der Waals surface area contributed by atoms with Gasteiger partial charge in [0, 0.05) is 31.2 Å². The van der Waals surface area contributed by atoms with E-state index in [9.17, 15) is 9.65 Å². The molecule has 1 aliphatic rings. The van der Waals surface area contributed by atoms with E-state index in [4.69, 9.17) is 5.26 Å². The first-order chi connectivity index (χ1) is 14.6. The second-order valence-corrected chi connectivity index (χ2v) is 7.17. The monoisotopic (exact) mass is 404 g/mol. The lowest BCUT2D eigenvalue weighted by Crippen LogP contribution is -2.51. The Labute approximate surface area is 176 Å². The molecule has 2 N–H and O–H groups in total. The summed E-state index contributed by atoms with van der Waals surface area (Å²) < 4.78 is 14.1. The van der Waals surface area contributed by atoms with E-state index < -0.39 is 5.82 Å². The summed E-state index contributed by atoms with van der Waals surface area (Å²) in [5.74, 6) is 0.201. The highest BCUT2D eigenvalue weighted by atomic mass is 19.1. The van der Waals surface area contributed by atoms with Crippen LogP contribution in [0, 0.1) is 28.5 Å². The summed E-state index contributed by atoms with van der Waals surface area (Å²) in [7, 11) is 0. The predicted molar refractivity (Wildman–Crippen MR) is 115 cm³/mol. The van der Waals surface area contributed by atoms with E-state index in [-0.39, 0.29) is 12.6 Å². The topological polar surface area (TPSA) is 87.2 Å². The minimum atomic E-state index is -0.425. The maximum atomic E-state index is 14.1. The van der Waals surface area contributed by atoms with Crippen molar-refractivity contribution >= 4 is 11.6 Å². The molecular weight excluding hydrogens is 379 g/mol. The Hall–Kier alpha value is -3.58. The lowest BCUT2D eigenvalue weighted by Gasteiger charge is -2.35. The van der Waals surface area contributed by atoms with Crippen LogP contribution < -0.4 is 15.5 Å². The molecule has 1 unspecified atom stereocenters. The van der Waals surface area contributed by atoms with Crippen molar-refractivity contribution in [2.45, 2.75) is 32.4 Å². The van der Waals surface area contributed by atoms with Gasteiger partial charge in [-0.15, -0.1) is 0 Å². The van der Waals surface area contributed by atoms with Gasteiger partial charge in [0.25, 0.3) is 0 Å². The fourth-order valence-electron chi connectivity index (χ4n) is 3.58. The van der Waals surface area contributed by atoms with Crippen molar-refractivity contribution in [3.63, 3.8) is 0 Å². The Bertz CT molecular complexity index is 988. The summed E-state index contributed by atoms with van der Waals surface area (Å²) in [5, 5.41) is 24.9.